The Balaban J connectivity index is 2.12. The van der Waals surface area contributed by atoms with Gasteiger partial charge in [-0.15, -0.1) is 17.3 Å². The van der Waals surface area contributed by atoms with Gasteiger partial charge >= 0.3 is 0 Å². The van der Waals surface area contributed by atoms with Gasteiger partial charge in [0, 0.05) is 31.3 Å². The van der Waals surface area contributed by atoms with Crippen LogP contribution in [0.3, 0.4) is 0 Å². The number of benzene rings is 2. The van der Waals surface area contributed by atoms with Crippen molar-refractivity contribution in [3.05, 3.63) is 47.5 Å². The molecule has 0 saturated carbocycles. The summed E-state index contributed by atoms with van der Waals surface area (Å²) in [5.41, 5.74) is 2.84. The maximum Gasteiger partial charge on any atom is 0.144 e. The second-order valence-electron chi connectivity index (χ2n) is 6.94. The summed E-state index contributed by atoms with van der Waals surface area (Å²) in [6.07, 6.45) is 0. The van der Waals surface area contributed by atoms with E-state index in [0.29, 0.717) is 0 Å². The van der Waals surface area contributed by atoms with E-state index in [1.165, 1.54) is 20.2 Å². The molecule has 4 heteroatoms. The van der Waals surface area contributed by atoms with Gasteiger partial charge in [-0.05, 0) is 65.0 Å². The van der Waals surface area contributed by atoms with Gasteiger partial charge in [-0.3, -0.25) is 0 Å². The van der Waals surface area contributed by atoms with Crippen LogP contribution in [0, 0.1) is 11.8 Å². The maximum absolute atomic E-state index is 12.3. The summed E-state index contributed by atoms with van der Waals surface area (Å²) in [4.78, 5) is 0. The van der Waals surface area contributed by atoms with Crippen LogP contribution in [0.5, 0.6) is 0 Å². The van der Waals surface area contributed by atoms with Gasteiger partial charge in [0.15, 0.2) is 0 Å². The Labute approximate surface area is 156 Å². The summed E-state index contributed by atoms with van der Waals surface area (Å²) in [5, 5.41) is 2.42. The van der Waals surface area contributed by atoms with E-state index in [1.54, 1.807) is 11.3 Å². The first-order valence-corrected chi connectivity index (χ1v) is 10.1. The minimum absolute atomic E-state index is 0.353. The van der Waals surface area contributed by atoms with Crippen molar-refractivity contribution in [1.82, 2.24) is 0 Å². The van der Waals surface area contributed by atoms with Gasteiger partial charge in [0.1, 0.15) is 16.1 Å². The van der Waals surface area contributed by atoms with Crippen LogP contribution in [0.1, 0.15) is 45.7 Å². The van der Waals surface area contributed by atoms with E-state index in [2.05, 4.69) is 52.6 Å². The van der Waals surface area contributed by atoms with Gasteiger partial charge in [0.2, 0.25) is 0 Å². The lowest BCUT2D eigenvalue weighted by atomic mass is 10.1. The van der Waals surface area contributed by atoms with Crippen molar-refractivity contribution in [2.45, 2.75) is 39.4 Å². The molecule has 0 aliphatic heterocycles. The van der Waals surface area contributed by atoms with Gasteiger partial charge in [-0.1, -0.05) is 16.4 Å². The van der Waals surface area contributed by atoms with E-state index >= 15 is 0 Å². The molecule has 0 fully saturated rings. The SMILES string of the molecule is CC#Cc1ccc2sc3ccc(C(C)=N[S+]([O-])C(C)(C)C)cc3c2c1. The van der Waals surface area contributed by atoms with Crippen LogP contribution in [-0.4, -0.2) is 15.0 Å². The lowest BCUT2D eigenvalue weighted by molar-refractivity contribution is 0.561. The van der Waals surface area contributed by atoms with Crippen molar-refractivity contribution in [1.29, 1.82) is 0 Å². The van der Waals surface area contributed by atoms with Crippen molar-refractivity contribution >= 4 is 48.6 Å². The summed E-state index contributed by atoms with van der Waals surface area (Å²) in [7, 11) is 0. The second kappa shape index (κ2) is 6.84. The molecule has 1 aromatic heterocycles. The monoisotopic (exact) mass is 367 g/mol. The molecule has 1 heterocycles. The normalized spacial score (nSPS) is 13.8. The zero-order valence-electron chi connectivity index (χ0n) is 15.1. The number of hydrogen-bond acceptors (Lipinski definition) is 3. The first kappa shape index (κ1) is 18.0. The molecule has 1 atom stereocenters. The van der Waals surface area contributed by atoms with Gasteiger partial charge in [-0.25, -0.2) is 0 Å². The van der Waals surface area contributed by atoms with E-state index in [0.717, 1.165) is 16.8 Å². The number of fused-ring (bicyclic) bond motifs is 3. The molecule has 0 amide bonds. The first-order chi connectivity index (χ1) is 11.8. The predicted octanol–water partition coefficient (Wildman–Crippen LogP) is 5.70. The quantitative estimate of drug-likeness (QED) is 0.325. The molecule has 128 valence electrons. The highest BCUT2D eigenvalue weighted by Gasteiger charge is 2.26. The van der Waals surface area contributed by atoms with Crippen molar-refractivity contribution < 1.29 is 4.55 Å². The molecule has 0 N–H and O–H groups in total. The van der Waals surface area contributed by atoms with Gasteiger partial charge in [-0.2, -0.15) is 0 Å². The third kappa shape index (κ3) is 3.74. The Bertz CT molecular complexity index is 1030. The van der Waals surface area contributed by atoms with Crippen molar-refractivity contribution in [3.8, 4) is 11.8 Å². The molecule has 0 spiro atoms. The summed E-state index contributed by atoms with van der Waals surface area (Å²) in [6.45, 7) is 9.58. The van der Waals surface area contributed by atoms with Crippen LogP contribution in [0.15, 0.2) is 40.8 Å². The second-order valence-corrected chi connectivity index (χ2v) is 9.93. The Morgan fingerprint density at radius 3 is 2.36 bits per heavy atom. The minimum atomic E-state index is -1.25. The summed E-state index contributed by atoms with van der Waals surface area (Å²) >= 11 is 0.526. The molecular weight excluding hydrogens is 346 g/mol. The summed E-state index contributed by atoms with van der Waals surface area (Å²) < 4.78 is 18.8. The van der Waals surface area contributed by atoms with E-state index < -0.39 is 11.4 Å². The summed E-state index contributed by atoms with van der Waals surface area (Å²) in [5.74, 6) is 6.08. The highest BCUT2D eigenvalue weighted by atomic mass is 32.2. The van der Waals surface area contributed by atoms with E-state index in [1.807, 2.05) is 34.6 Å². The van der Waals surface area contributed by atoms with Crippen LogP contribution in [0.4, 0.5) is 0 Å². The number of nitrogens with zero attached hydrogens (tertiary/aromatic N) is 1. The molecule has 2 nitrogen and oxygen atoms in total. The third-order valence-corrected chi connectivity index (χ3v) is 6.54. The third-order valence-electron chi connectivity index (χ3n) is 3.90. The fraction of sp³-hybridized carbons (Fsp3) is 0.286. The topological polar surface area (TPSA) is 35.4 Å². The van der Waals surface area contributed by atoms with Gasteiger partial charge < -0.3 is 4.55 Å². The zero-order chi connectivity index (χ0) is 18.2. The van der Waals surface area contributed by atoms with E-state index in [-0.39, 0.29) is 4.75 Å². The number of hydrogen-bond donors (Lipinski definition) is 0. The molecule has 2 aromatic carbocycles. The maximum atomic E-state index is 12.3. The Morgan fingerprint density at radius 1 is 1.08 bits per heavy atom. The fourth-order valence-corrected chi connectivity index (χ4v) is 4.23. The van der Waals surface area contributed by atoms with E-state index in [9.17, 15) is 4.55 Å². The Kier molecular flexibility index (Phi) is 4.92. The smallest absolute Gasteiger partial charge is 0.144 e. The van der Waals surface area contributed by atoms with Crippen LogP contribution in [0.2, 0.25) is 0 Å². The molecule has 0 aliphatic carbocycles. The first-order valence-electron chi connectivity index (χ1n) is 8.16. The van der Waals surface area contributed by atoms with Crippen LogP contribution >= 0.6 is 11.3 Å². The average molecular weight is 368 g/mol. The van der Waals surface area contributed by atoms with Crippen molar-refractivity contribution in [2.24, 2.45) is 4.40 Å². The molecule has 0 aliphatic rings. The molecular formula is C21H21NOS2. The molecule has 25 heavy (non-hydrogen) atoms. The zero-order valence-corrected chi connectivity index (χ0v) is 16.8. The minimum Gasteiger partial charge on any atom is -0.591 e. The predicted molar refractivity (Wildman–Crippen MR) is 112 cm³/mol. The van der Waals surface area contributed by atoms with Crippen molar-refractivity contribution in [2.75, 3.05) is 0 Å². The highest BCUT2D eigenvalue weighted by Crippen LogP contribution is 2.35. The highest BCUT2D eigenvalue weighted by molar-refractivity contribution is 7.91. The molecule has 0 bridgehead atoms. The van der Waals surface area contributed by atoms with E-state index in [4.69, 9.17) is 0 Å². The van der Waals surface area contributed by atoms with Crippen LogP contribution in [0.25, 0.3) is 20.2 Å². The summed E-state index contributed by atoms with van der Waals surface area (Å²) in [6, 6.07) is 12.7. The largest absolute Gasteiger partial charge is 0.591 e. The lowest BCUT2D eigenvalue weighted by Gasteiger charge is -2.18. The molecule has 0 radical (unpaired) electrons. The average Bonchev–Trinajstić information content (AvgIpc) is 2.91. The Morgan fingerprint density at radius 2 is 1.72 bits per heavy atom. The Hall–Kier alpha value is -1.80. The number of rotatable bonds is 2. The number of thiophene rings is 1. The fourth-order valence-electron chi connectivity index (χ4n) is 2.54. The van der Waals surface area contributed by atoms with Crippen LogP contribution < -0.4 is 0 Å². The molecule has 3 aromatic rings. The van der Waals surface area contributed by atoms with Crippen molar-refractivity contribution in [3.63, 3.8) is 0 Å². The standard InChI is InChI=1S/C21H21NOS2/c1-6-7-15-8-10-19-17(12-15)18-13-16(9-11-20(18)24-19)14(2)22-25(23)21(3,4)5/h8-13H,1-5H3. The van der Waals surface area contributed by atoms with Gasteiger partial charge in [0.05, 0.1) is 5.71 Å². The molecule has 0 saturated heterocycles. The lowest BCUT2D eigenvalue weighted by Crippen LogP contribution is -2.26. The van der Waals surface area contributed by atoms with Crippen LogP contribution in [-0.2, 0) is 11.4 Å². The molecule has 1 unspecified atom stereocenters. The molecule has 3 rings (SSSR count). The van der Waals surface area contributed by atoms with Gasteiger partial charge in [0.25, 0.3) is 0 Å².